The van der Waals surface area contributed by atoms with E-state index >= 15 is 0 Å². The first kappa shape index (κ1) is 12.3. The average molecular weight is 240 g/mol. The highest BCUT2D eigenvalue weighted by molar-refractivity contribution is 7.15. The Hall–Kier alpha value is -0.820. The van der Waals surface area contributed by atoms with Gasteiger partial charge in [0.25, 0.3) is 0 Å². The molecular formula is C8H11F3N2OS. The van der Waals surface area contributed by atoms with Crippen molar-refractivity contribution in [3.8, 4) is 0 Å². The number of hydrogen-bond acceptors (Lipinski definition) is 4. The maximum atomic E-state index is 12.0. The molecule has 0 amide bonds. The largest absolute Gasteiger partial charge is 0.414 e. The molecule has 0 saturated heterocycles. The van der Waals surface area contributed by atoms with Gasteiger partial charge < -0.3 is 10.0 Å². The minimum absolute atomic E-state index is 0.420. The van der Waals surface area contributed by atoms with Gasteiger partial charge in [0.15, 0.2) is 11.2 Å². The molecule has 1 N–H and O–H groups in total. The molecule has 7 heteroatoms. The second-order valence-electron chi connectivity index (χ2n) is 3.27. The summed E-state index contributed by atoms with van der Waals surface area (Å²) in [4.78, 5) is 6.04. The standard InChI is InChI=1S/C8H11F3N2OS/c1-13(2)7-12-4-5(15-7)3-6(14)8(9,10)11/h4,6,14H,3H2,1-2H3. The summed E-state index contributed by atoms with van der Waals surface area (Å²) in [7, 11) is 3.51. The SMILES string of the molecule is CN(C)c1ncc(CC(O)C(F)(F)F)s1. The number of thiazole rings is 1. The monoisotopic (exact) mass is 240 g/mol. The van der Waals surface area contributed by atoms with E-state index in [1.165, 1.54) is 6.20 Å². The fourth-order valence-electron chi connectivity index (χ4n) is 0.905. The summed E-state index contributed by atoms with van der Waals surface area (Å²) in [6, 6.07) is 0. The van der Waals surface area contributed by atoms with E-state index in [0.717, 1.165) is 11.3 Å². The van der Waals surface area contributed by atoms with Crippen LogP contribution < -0.4 is 4.90 Å². The van der Waals surface area contributed by atoms with Crippen LogP contribution in [-0.4, -0.2) is 36.5 Å². The number of aliphatic hydroxyl groups excluding tert-OH is 1. The predicted molar refractivity (Wildman–Crippen MR) is 52.2 cm³/mol. The highest BCUT2D eigenvalue weighted by Gasteiger charge is 2.38. The average Bonchev–Trinajstić information content (AvgIpc) is 2.50. The Labute approximate surface area is 89.2 Å². The van der Waals surface area contributed by atoms with Crippen LogP contribution in [0.25, 0.3) is 0 Å². The molecule has 0 aliphatic rings. The maximum Gasteiger partial charge on any atom is 0.414 e. The lowest BCUT2D eigenvalue weighted by Gasteiger charge is -2.12. The molecule has 0 aliphatic carbocycles. The van der Waals surface area contributed by atoms with E-state index in [9.17, 15) is 13.2 Å². The molecule has 0 fully saturated rings. The number of anilines is 1. The van der Waals surface area contributed by atoms with Crippen molar-refractivity contribution < 1.29 is 18.3 Å². The minimum atomic E-state index is -4.57. The topological polar surface area (TPSA) is 36.4 Å². The molecule has 1 aromatic rings. The van der Waals surface area contributed by atoms with Crippen LogP contribution in [0.4, 0.5) is 18.3 Å². The van der Waals surface area contributed by atoms with Gasteiger partial charge in [-0.05, 0) is 0 Å². The van der Waals surface area contributed by atoms with Crippen molar-refractivity contribution in [2.24, 2.45) is 0 Å². The Morgan fingerprint density at radius 3 is 2.53 bits per heavy atom. The number of halogens is 3. The second kappa shape index (κ2) is 4.36. The third-order valence-corrected chi connectivity index (χ3v) is 2.88. The molecule has 0 aromatic carbocycles. The normalized spacial score (nSPS) is 14.0. The molecule has 86 valence electrons. The molecule has 1 unspecified atom stereocenters. The predicted octanol–water partition coefficient (Wildman–Crippen LogP) is 1.67. The van der Waals surface area contributed by atoms with Crippen molar-refractivity contribution in [2.45, 2.75) is 18.7 Å². The summed E-state index contributed by atoms with van der Waals surface area (Å²) in [6.45, 7) is 0. The molecule has 1 rings (SSSR count). The summed E-state index contributed by atoms with van der Waals surface area (Å²) in [6.07, 6.45) is -5.96. The number of alkyl halides is 3. The summed E-state index contributed by atoms with van der Waals surface area (Å²) in [5.41, 5.74) is 0. The summed E-state index contributed by atoms with van der Waals surface area (Å²) in [5, 5.41) is 9.45. The molecule has 15 heavy (non-hydrogen) atoms. The quantitative estimate of drug-likeness (QED) is 0.873. The van der Waals surface area contributed by atoms with Gasteiger partial charge in [0.05, 0.1) is 0 Å². The highest BCUT2D eigenvalue weighted by Crippen LogP contribution is 2.27. The van der Waals surface area contributed by atoms with Crippen LogP contribution in [0.1, 0.15) is 4.88 Å². The van der Waals surface area contributed by atoms with Gasteiger partial charge in [-0.25, -0.2) is 4.98 Å². The van der Waals surface area contributed by atoms with Gasteiger partial charge in [-0.1, -0.05) is 0 Å². The molecule has 0 saturated carbocycles. The molecule has 1 atom stereocenters. The van der Waals surface area contributed by atoms with Crippen molar-refractivity contribution in [3.63, 3.8) is 0 Å². The smallest absolute Gasteiger partial charge is 0.383 e. The van der Waals surface area contributed by atoms with E-state index in [2.05, 4.69) is 4.98 Å². The van der Waals surface area contributed by atoms with E-state index in [1.54, 1.807) is 19.0 Å². The molecule has 0 radical (unpaired) electrons. The Morgan fingerprint density at radius 2 is 2.13 bits per heavy atom. The highest BCUT2D eigenvalue weighted by atomic mass is 32.1. The van der Waals surface area contributed by atoms with Crippen molar-refractivity contribution in [3.05, 3.63) is 11.1 Å². The van der Waals surface area contributed by atoms with Gasteiger partial charge in [-0.3, -0.25) is 0 Å². The van der Waals surface area contributed by atoms with Crippen LogP contribution in [0.2, 0.25) is 0 Å². The molecule has 1 aromatic heterocycles. The lowest BCUT2D eigenvalue weighted by molar-refractivity contribution is -0.202. The number of hydrogen-bond donors (Lipinski definition) is 1. The van der Waals surface area contributed by atoms with E-state index in [1.807, 2.05) is 0 Å². The van der Waals surface area contributed by atoms with Crippen molar-refractivity contribution >= 4 is 16.5 Å². The van der Waals surface area contributed by atoms with E-state index in [0.29, 0.717) is 10.0 Å². The zero-order valence-electron chi connectivity index (χ0n) is 8.25. The lowest BCUT2D eigenvalue weighted by atomic mass is 10.2. The number of rotatable bonds is 3. The van der Waals surface area contributed by atoms with Crippen molar-refractivity contribution in [1.82, 2.24) is 4.98 Å². The van der Waals surface area contributed by atoms with Crippen LogP contribution >= 0.6 is 11.3 Å². The van der Waals surface area contributed by atoms with Gasteiger partial charge in [-0.2, -0.15) is 13.2 Å². The summed E-state index contributed by atoms with van der Waals surface area (Å²) < 4.78 is 36.1. The Morgan fingerprint density at radius 1 is 1.53 bits per heavy atom. The molecule has 1 heterocycles. The van der Waals surface area contributed by atoms with Crippen LogP contribution in [0, 0.1) is 0 Å². The van der Waals surface area contributed by atoms with E-state index in [-0.39, 0.29) is 0 Å². The van der Waals surface area contributed by atoms with Crippen molar-refractivity contribution in [2.75, 3.05) is 19.0 Å². The van der Waals surface area contributed by atoms with E-state index < -0.39 is 18.7 Å². The third-order valence-electron chi connectivity index (χ3n) is 1.70. The van der Waals surface area contributed by atoms with Gasteiger partial charge in [-0.15, -0.1) is 11.3 Å². The third kappa shape index (κ3) is 3.35. The number of aromatic nitrogens is 1. The van der Waals surface area contributed by atoms with Crippen LogP contribution in [0.5, 0.6) is 0 Å². The molecule has 0 aliphatic heterocycles. The second-order valence-corrected chi connectivity index (χ2v) is 4.36. The first-order valence-corrected chi connectivity index (χ1v) is 4.99. The van der Waals surface area contributed by atoms with Gasteiger partial charge in [0, 0.05) is 31.6 Å². The van der Waals surface area contributed by atoms with Gasteiger partial charge >= 0.3 is 6.18 Å². The minimum Gasteiger partial charge on any atom is -0.383 e. The fourth-order valence-corrected chi connectivity index (χ4v) is 1.77. The Bertz CT molecular complexity index is 324. The number of aliphatic hydroxyl groups is 1. The maximum absolute atomic E-state index is 12.0. The first-order valence-electron chi connectivity index (χ1n) is 4.17. The summed E-state index contributed by atoms with van der Waals surface area (Å²) >= 11 is 1.14. The lowest BCUT2D eigenvalue weighted by Crippen LogP contribution is -2.30. The van der Waals surface area contributed by atoms with Crippen LogP contribution in [0.15, 0.2) is 6.20 Å². The molecular weight excluding hydrogens is 229 g/mol. The Balaban J connectivity index is 2.65. The van der Waals surface area contributed by atoms with Crippen LogP contribution in [-0.2, 0) is 6.42 Å². The zero-order valence-corrected chi connectivity index (χ0v) is 9.06. The first-order chi connectivity index (χ1) is 6.80. The molecule has 3 nitrogen and oxygen atoms in total. The number of nitrogens with zero attached hydrogens (tertiary/aromatic N) is 2. The Kier molecular flexibility index (Phi) is 3.56. The fraction of sp³-hybridized carbons (Fsp3) is 0.625. The molecule has 0 bridgehead atoms. The zero-order chi connectivity index (χ0) is 11.6. The van der Waals surface area contributed by atoms with E-state index in [4.69, 9.17) is 5.11 Å². The van der Waals surface area contributed by atoms with Crippen molar-refractivity contribution in [1.29, 1.82) is 0 Å². The van der Waals surface area contributed by atoms with Crippen LogP contribution in [0.3, 0.4) is 0 Å². The van der Waals surface area contributed by atoms with Gasteiger partial charge in [0.1, 0.15) is 0 Å². The van der Waals surface area contributed by atoms with Gasteiger partial charge in [0.2, 0.25) is 0 Å². The summed E-state index contributed by atoms with van der Waals surface area (Å²) in [5.74, 6) is 0. The molecule has 0 spiro atoms.